The van der Waals surface area contributed by atoms with E-state index in [1.807, 2.05) is 0 Å². The Morgan fingerprint density at radius 3 is 1.88 bits per heavy atom. The molecule has 2 heterocycles. The van der Waals surface area contributed by atoms with Gasteiger partial charge in [-0.05, 0) is 75.1 Å². The third-order valence-electron chi connectivity index (χ3n) is 13.1. The quantitative estimate of drug-likeness (QED) is 0.0116. The number of fused-ring (bicyclic) bond motifs is 1. The number of rotatable bonds is 34. The minimum Gasteiger partial charge on any atom is -0.481 e. The molecule has 1 fully saturated rings. The summed E-state index contributed by atoms with van der Waals surface area (Å²) in [5, 5.41) is 57.4. The number of aliphatic hydroxyl groups excluding tert-OH is 2. The molecule has 1 aromatic heterocycles. The number of hydrogen-bond donors (Lipinski definition) is 17. The Morgan fingerprint density at radius 1 is 0.662 bits per heavy atom. The number of carbonyl (C=O) groups is 10. The number of nitrogens with one attached hydrogen (secondary N) is 8. The normalized spacial score (nSPS) is 16.0. The maximum atomic E-state index is 14.3. The first-order chi connectivity index (χ1) is 38.2. The second-order valence-corrected chi connectivity index (χ2v) is 19.4. The summed E-state index contributed by atoms with van der Waals surface area (Å²) in [5.74, 6) is -10.4. The average molecular weight is 1140 g/mol. The lowest BCUT2D eigenvalue weighted by atomic mass is 10.0. The minimum atomic E-state index is -1.74. The lowest BCUT2D eigenvalue weighted by Gasteiger charge is -2.31. The Hall–Kier alpha value is -7.86. The van der Waals surface area contributed by atoms with Crippen molar-refractivity contribution in [2.24, 2.45) is 27.9 Å². The van der Waals surface area contributed by atoms with Crippen LogP contribution in [0.25, 0.3) is 10.9 Å². The van der Waals surface area contributed by atoms with Gasteiger partial charge in [-0.2, -0.15) is 12.6 Å². The number of H-pyrrole nitrogens is 1. The number of likely N-dealkylation sites (tertiary alicyclic amines) is 1. The number of aliphatic hydroxyl groups is 2. The number of nitrogens with zero attached hydrogens (tertiary/aromatic N) is 2. The number of carboxylic acid groups (broad SMARTS) is 2. The second kappa shape index (κ2) is 32.9. The van der Waals surface area contributed by atoms with E-state index in [-0.39, 0.29) is 69.9 Å². The second-order valence-electron chi connectivity index (χ2n) is 19.0. The maximum Gasteiger partial charge on any atom is 0.326 e. The monoisotopic (exact) mass is 1140 g/mol. The van der Waals surface area contributed by atoms with Crippen molar-refractivity contribution in [1.82, 2.24) is 47.1 Å². The van der Waals surface area contributed by atoms with Gasteiger partial charge in [0.25, 0.3) is 0 Å². The molecule has 8 amide bonds. The van der Waals surface area contributed by atoms with E-state index in [9.17, 15) is 68.4 Å². The van der Waals surface area contributed by atoms with Gasteiger partial charge in [0.05, 0.1) is 13.2 Å². The van der Waals surface area contributed by atoms with Gasteiger partial charge in [-0.3, -0.25) is 48.1 Å². The number of unbranched alkanes of at least 4 members (excludes halogenated alkanes) is 1. The molecule has 80 heavy (non-hydrogen) atoms. The van der Waals surface area contributed by atoms with Crippen LogP contribution in [0.5, 0.6) is 0 Å². The van der Waals surface area contributed by atoms with Crippen LogP contribution in [0.3, 0.4) is 0 Å². The van der Waals surface area contributed by atoms with Crippen molar-refractivity contribution in [3.8, 4) is 0 Å². The Bertz CT molecular complexity index is 2640. The van der Waals surface area contributed by atoms with Gasteiger partial charge in [0.15, 0.2) is 5.96 Å². The molecule has 0 radical (unpaired) electrons. The van der Waals surface area contributed by atoms with Crippen LogP contribution in [-0.4, -0.2) is 188 Å². The van der Waals surface area contributed by atoms with Crippen LogP contribution in [0.4, 0.5) is 0 Å². The molecule has 20 N–H and O–H groups in total. The van der Waals surface area contributed by atoms with Gasteiger partial charge in [-0.15, -0.1) is 0 Å². The van der Waals surface area contributed by atoms with Crippen LogP contribution in [-0.2, 0) is 60.8 Å². The highest BCUT2D eigenvalue weighted by atomic mass is 32.1. The standard InChI is InChI=1S/C51H74N14O14S/c52-19-7-6-14-35(60-44(72)34(17-18-41(68)69)58-42(70)31(53)25-66)49(77)65-21-9-16-40(65)48(76)61-36(22-28-10-2-1-3-11-28)45(73)63-38(26-67)46(74)64-39(27-80)47(75)59-33(15-8-20-56-51(54)55)43(71)62-37(50(78)79)23-29-24-57-32-13-5-4-12-30(29)32/h1-5,10-13,24,31,33-40,57,66-67,80H,6-9,14-23,25-27,52-53H2,(H,58,70)(H,59,75)(H,60,72)(H,61,76)(H,62,71)(H,63,73)(H,64,74)(H,68,69)(H,78,79)(H4,54,55,56)/t31-,33-,34-,35-,36-,37-,38-,39-,40-/m0/s1. The first-order valence-electron chi connectivity index (χ1n) is 26.0. The van der Waals surface area contributed by atoms with Gasteiger partial charge in [0.1, 0.15) is 54.4 Å². The number of aliphatic imine (C=N–C) groups is 1. The molecule has 0 saturated carbocycles. The molecule has 1 aliphatic rings. The molecule has 0 aliphatic carbocycles. The van der Waals surface area contributed by atoms with Gasteiger partial charge in [-0.25, -0.2) is 4.79 Å². The molecular weight excluding hydrogens is 1060 g/mol. The van der Waals surface area contributed by atoms with E-state index in [1.165, 1.54) is 4.90 Å². The third kappa shape index (κ3) is 20.1. The predicted octanol–water partition coefficient (Wildman–Crippen LogP) is -4.29. The molecule has 0 unspecified atom stereocenters. The number of hydrogen-bond acceptors (Lipinski definition) is 16. The summed E-state index contributed by atoms with van der Waals surface area (Å²) >= 11 is 4.23. The smallest absolute Gasteiger partial charge is 0.326 e. The van der Waals surface area contributed by atoms with Crippen LogP contribution >= 0.6 is 12.6 Å². The van der Waals surface area contributed by atoms with E-state index in [2.05, 4.69) is 59.8 Å². The molecule has 28 nitrogen and oxygen atoms in total. The first-order valence-corrected chi connectivity index (χ1v) is 26.6. The molecule has 3 aromatic rings. The van der Waals surface area contributed by atoms with Crippen molar-refractivity contribution >= 4 is 88.7 Å². The summed E-state index contributed by atoms with van der Waals surface area (Å²) < 4.78 is 0. The van der Waals surface area contributed by atoms with Crippen molar-refractivity contribution < 1.29 is 68.4 Å². The number of guanidine groups is 1. The number of benzene rings is 2. The molecule has 9 atom stereocenters. The number of carbonyl (C=O) groups excluding carboxylic acids is 8. The fourth-order valence-electron chi connectivity index (χ4n) is 8.72. The highest BCUT2D eigenvalue weighted by Gasteiger charge is 2.40. The van der Waals surface area contributed by atoms with Gasteiger partial charge >= 0.3 is 11.9 Å². The number of aliphatic carboxylic acids is 2. The van der Waals surface area contributed by atoms with Crippen LogP contribution in [0.15, 0.2) is 65.8 Å². The van der Waals surface area contributed by atoms with Crippen molar-refractivity contribution in [2.75, 3.05) is 38.6 Å². The zero-order chi connectivity index (χ0) is 58.9. The summed E-state index contributed by atoms with van der Waals surface area (Å²) in [5.41, 5.74) is 24.1. The lowest BCUT2D eigenvalue weighted by Crippen LogP contribution is -2.61. The van der Waals surface area contributed by atoms with E-state index < -0.39 is 140 Å². The van der Waals surface area contributed by atoms with E-state index >= 15 is 0 Å². The molecule has 29 heteroatoms. The van der Waals surface area contributed by atoms with E-state index in [0.717, 1.165) is 10.9 Å². The lowest BCUT2D eigenvalue weighted by molar-refractivity contribution is -0.143. The molecule has 2 aromatic carbocycles. The zero-order valence-electron chi connectivity index (χ0n) is 44.0. The van der Waals surface area contributed by atoms with Gasteiger partial charge in [0.2, 0.25) is 47.3 Å². The number of aromatic amines is 1. The average Bonchev–Trinajstić information content (AvgIpc) is 4.11. The minimum absolute atomic E-state index is 0.0265. The van der Waals surface area contributed by atoms with Gasteiger partial charge in [-0.1, -0.05) is 48.5 Å². The molecule has 1 saturated heterocycles. The molecular formula is C51H74N14O14S. The largest absolute Gasteiger partial charge is 0.481 e. The van der Waals surface area contributed by atoms with Crippen molar-refractivity contribution in [2.45, 2.75) is 125 Å². The zero-order valence-corrected chi connectivity index (χ0v) is 44.9. The van der Waals surface area contributed by atoms with E-state index in [1.54, 1.807) is 60.8 Å². The highest BCUT2D eigenvalue weighted by molar-refractivity contribution is 7.80. The fourth-order valence-corrected chi connectivity index (χ4v) is 8.98. The summed E-state index contributed by atoms with van der Waals surface area (Å²) in [7, 11) is 0. The van der Waals surface area contributed by atoms with Gasteiger partial charge < -0.3 is 90.5 Å². The van der Waals surface area contributed by atoms with E-state index in [4.69, 9.17) is 22.9 Å². The molecule has 1 aliphatic heterocycles. The van der Waals surface area contributed by atoms with Crippen LogP contribution in [0.2, 0.25) is 0 Å². The van der Waals surface area contributed by atoms with Crippen LogP contribution in [0.1, 0.15) is 68.9 Å². The third-order valence-corrected chi connectivity index (χ3v) is 13.4. The topological polar surface area (TPSA) is 471 Å². The SMILES string of the molecule is NCCCC[C@H](NC(=O)[C@H](CCC(=O)O)NC(=O)[C@@H](N)CO)C(=O)N1CCC[C@H]1C(=O)N[C@@H](Cc1ccccc1)C(=O)N[C@@H](CO)C(=O)N[C@@H](CS)C(=O)N[C@@H](CCCN=C(N)N)C(=O)N[C@@H](Cc1c[nH]c2ccccc12)C(=O)O. The molecule has 4 rings (SSSR count). The number of thiol groups is 1. The highest BCUT2D eigenvalue weighted by Crippen LogP contribution is 2.22. The van der Waals surface area contributed by atoms with Crippen LogP contribution in [0, 0.1) is 0 Å². The summed E-state index contributed by atoms with van der Waals surface area (Å²) in [4.78, 5) is 142. The van der Waals surface area contributed by atoms with Crippen LogP contribution < -0.4 is 60.2 Å². The fraction of sp³-hybridized carbons (Fsp3) is 0.510. The Balaban J connectivity index is 1.50. The maximum absolute atomic E-state index is 14.3. The molecule has 0 spiro atoms. The van der Waals surface area contributed by atoms with Crippen molar-refractivity contribution in [3.63, 3.8) is 0 Å². The van der Waals surface area contributed by atoms with Gasteiger partial charge in [0, 0.05) is 55.2 Å². The number of amides is 8. The Morgan fingerprint density at radius 2 is 1.24 bits per heavy atom. The summed E-state index contributed by atoms with van der Waals surface area (Å²) in [6.45, 7) is -1.46. The molecule has 438 valence electrons. The number of aromatic nitrogens is 1. The first kappa shape index (κ1) is 64.7. The summed E-state index contributed by atoms with van der Waals surface area (Å²) in [6, 6.07) is 2.69. The Labute approximate surface area is 466 Å². The van der Waals surface area contributed by atoms with Crippen molar-refractivity contribution in [1.29, 1.82) is 0 Å². The predicted molar refractivity (Wildman–Crippen MR) is 294 cm³/mol. The summed E-state index contributed by atoms with van der Waals surface area (Å²) in [6.07, 6.45) is 1.69. The molecule has 0 bridgehead atoms. The van der Waals surface area contributed by atoms with E-state index in [0.29, 0.717) is 30.4 Å². The Kier molecular flexibility index (Phi) is 26.6. The number of para-hydroxylation sites is 1. The number of carboxylic acids is 2. The number of nitrogens with two attached hydrogens (primary N) is 4. The van der Waals surface area contributed by atoms with Crippen molar-refractivity contribution in [3.05, 3.63) is 71.9 Å².